The zero-order chi connectivity index (χ0) is 22.1. The Bertz CT molecular complexity index is 1400. The van der Waals surface area contributed by atoms with Crippen LogP contribution in [0.15, 0.2) is 47.7 Å². The molecule has 162 valence electrons. The summed E-state index contributed by atoms with van der Waals surface area (Å²) in [5.41, 5.74) is 8.99. The third-order valence-electron chi connectivity index (χ3n) is 5.95. The molecule has 8 heteroatoms. The van der Waals surface area contributed by atoms with Crippen molar-refractivity contribution in [2.24, 2.45) is 5.73 Å². The minimum absolute atomic E-state index is 0.108. The summed E-state index contributed by atoms with van der Waals surface area (Å²) < 4.78 is 3.61. The van der Waals surface area contributed by atoms with E-state index in [1.807, 2.05) is 34.9 Å². The number of pyridine rings is 1. The number of hydrogen-bond donors (Lipinski definition) is 1. The average molecular weight is 428 g/mol. The number of imidazole rings is 1. The van der Waals surface area contributed by atoms with Gasteiger partial charge < -0.3 is 15.2 Å². The van der Waals surface area contributed by atoms with Gasteiger partial charge in [-0.1, -0.05) is 24.1 Å². The number of anilines is 1. The van der Waals surface area contributed by atoms with Crippen LogP contribution in [0.5, 0.6) is 0 Å². The van der Waals surface area contributed by atoms with Gasteiger partial charge in [-0.3, -0.25) is 9.36 Å². The normalized spacial score (nSPS) is 16.3. The number of nitrogens with zero attached hydrogens (tertiary/aromatic N) is 6. The van der Waals surface area contributed by atoms with Gasteiger partial charge in [-0.2, -0.15) is 0 Å². The molecule has 8 nitrogen and oxygen atoms in total. The van der Waals surface area contributed by atoms with Gasteiger partial charge in [0.05, 0.1) is 29.8 Å². The molecule has 1 fully saturated rings. The quantitative estimate of drug-likeness (QED) is 0.502. The molecule has 1 aliphatic rings. The lowest BCUT2D eigenvalue weighted by Gasteiger charge is -2.31. The van der Waals surface area contributed by atoms with Gasteiger partial charge >= 0.3 is 0 Å². The highest BCUT2D eigenvalue weighted by molar-refractivity contribution is 5.81. The van der Waals surface area contributed by atoms with Crippen LogP contribution in [-0.2, 0) is 13.1 Å². The number of hydrogen-bond acceptors (Lipinski definition) is 6. The van der Waals surface area contributed by atoms with Crippen molar-refractivity contribution in [1.29, 1.82) is 0 Å². The zero-order valence-electron chi connectivity index (χ0n) is 18.0. The van der Waals surface area contributed by atoms with Crippen LogP contribution in [-0.4, -0.2) is 43.2 Å². The Morgan fingerprint density at radius 1 is 1.19 bits per heavy atom. The average Bonchev–Trinajstić information content (AvgIpc) is 3.19. The third-order valence-corrected chi connectivity index (χ3v) is 5.95. The van der Waals surface area contributed by atoms with Crippen molar-refractivity contribution in [3.8, 4) is 11.8 Å². The van der Waals surface area contributed by atoms with Crippen LogP contribution in [0.4, 0.5) is 5.95 Å². The maximum absolute atomic E-state index is 13.6. The van der Waals surface area contributed by atoms with Crippen LogP contribution in [0, 0.1) is 11.8 Å². The van der Waals surface area contributed by atoms with Gasteiger partial charge in [-0.25, -0.2) is 15.0 Å². The van der Waals surface area contributed by atoms with Crippen LogP contribution < -0.4 is 16.2 Å². The van der Waals surface area contributed by atoms with Crippen LogP contribution in [0.1, 0.15) is 25.5 Å². The van der Waals surface area contributed by atoms with Crippen molar-refractivity contribution in [3.63, 3.8) is 0 Å². The molecule has 4 aromatic rings. The Labute approximate surface area is 185 Å². The fourth-order valence-electron chi connectivity index (χ4n) is 4.38. The lowest BCUT2D eigenvalue weighted by Crippen LogP contribution is -2.44. The maximum atomic E-state index is 13.6. The van der Waals surface area contributed by atoms with Gasteiger partial charge in [-0.15, -0.1) is 5.92 Å². The van der Waals surface area contributed by atoms with Crippen LogP contribution in [0.25, 0.3) is 21.9 Å². The van der Waals surface area contributed by atoms with Crippen molar-refractivity contribution in [2.45, 2.75) is 38.9 Å². The van der Waals surface area contributed by atoms with E-state index in [0.717, 1.165) is 48.5 Å². The third kappa shape index (κ3) is 3.61. The molecular formula is C24H25N7O. The van der Waals surface area contributed by atoms with Crippen molar-refractivity contribution in [3.05, 3.63) is 58.9 Å². The van der Waals surface area contributed by atoms with E-state index in [0.29, 0.717) is 24.1 Å². The lowest BCUT2D eigenvalue weighted by atomic mass is 10.1. The van der Waals surface area contributed by atoms with Crippen LogP contribution >= 0.6 is 0 Å². The monoisotopic (exact) mass is 427 g/mol. The van der Waals surface area contributed by atoms with Gasteiger partial charge in [0.25, 0.3) is 5.56 Å². The first-order chi connectivity index (χ1) is 15.7. The number of rotatable bonds is 4. The van der Waals surface area contributed by atoms with Crippen molar-refractivity contribution < 1.29 is 0 Å². The number of benzene rings is 1. The van der Waals surface area contributed by atoms with Gasteiger partial charge in [0.1, 0.15) is 11.8 Å². The summed E-state index contributed by atoms with van der Waals surface area (Å²) in [6.45, 7) is 4.16. The van der Waals surface area contributed by atoms with Crippen LogP contribution in [0.2, 0.25) is 0 Å². The van der Waals surface area contributed by atoms with E-state index in [9.17, 15) is 4.79 Å². The SMILES string of the molecule is CC#CCn1c(N2CCCC(N)C2)nc2ccn(Cc3ncnc4ccccc34)c(=O)c21. The molecule has 1 unspecified atom stereocenters. The molecule has 32 heavy (non-hydrogen) atoms. The molecule has 2 N–H and O–H groups in total. The molecule has 4 heterocycles. The second-order valence-corrected chi connectivity index (χ2v) is 8.09. The van der Waals surface area contributed by atoms with E-state index >= 15 is 0 Å². The number of fused-ring (bicyclic) bond motifs is 2. The minimum atomic E-state index is -0.108. The van der Waals surface area contributed by atoms with Crippen molar-refractivity contribution >= 4 is 27.9 Å². The van der Waals surface area contributed by atoms with Gasteiger partial charge in [0.15, 0.2) is 0 Å². The van der Waals surface area contributed by atoms with Crippen molar-refractivity contribution in [2.75, 3.05) is 18.0 Å². The molecule has 0 saturated carbocycles. The summed E-state index contributed by atoms with van der Waals surface area (Å²) in [6.07, 6.45) is 5.34. The topological polar surface area (TPSA) is 94.9 Å². The maximum Gasteiger partial charge on any atom is 0.277 e. The number of para-hydroxylation sites is 1. The number of aromatic nitrogens is 5. The second-order valence-electron chi connectivity index (χ2n) is 8.09. The predicted octanol–water partition coefficient (Wildman–Crippen LogP) is 2.14. The molecule has 1 atom stereocenters. The summed E-state index contributed by atoms with van der Waals surface area (Å²) in [5.74, 6) is 6.80. The summed E-state index contributed by atoms with van der Waals surface area (Å²) in [4.78, 5) is 29.3. The smallest absolute Gasteiger partial charge is 0.277 e. The minimum Gasteiger partial charge on any atom is -0.341 e. The van der Waals surface area contributed by atoms with E-state index in [1.165, 1.54) is 0 Å². The standard InChI is InChI=1S/C24H25N7O/c1-2-3-12-31-22-20(28-24(31)30-11-6-7-17(25)14-30)10-13-29(23(22)32)15-21-18-8-4-5-9-19(18)26-16-27-21/h4-5,8-10,13,16-17H,6-7,11-12,14-15,25H2,1H3. The molecule has 0 aliphatic carbocycles. The lowest BCUT2D eigenvalue weighted by molar-refractivity contribution is 0.496. The second kappa shape index (κ2) is 8.44. The highest BCUT2D eigenvalue weighted by Crippen LogP contribution is 2.23. The van der Waals surface area contributed by atoms with E-state index in [-0.39, 0.29) is 11.6 Å². The Morgan fingerprint density at radius 2 is 2.06 bits per heavy atom. The number of piperidine rings is 1. The zero-order valence-corrected chi connectivity index (χ0v) is 18.0. The van der Waals surface area contributed by atoms with Gasteiger partial charge in [0.2, 0.25) is 5.95 Å². The molecule has 1 aliphatic heterocycles. The molecule has 1 aromatic carbocycles. The number of nitrogens with two attached hydrogens (primary N) is 1. The molecule has 5 rings (SSSR count). The Morgan fingerprint density at radius 3 is 2.91 bits per heavy atom. The van der Waals surface area contributed by atoms with Gasteiger partial charge in [-0.05, 0) is 31.9 Å². The largest absolute Gasteiger partial charge is 0.341 e. The summed E-state index contributed by atoms with van der Waals surface area (Å²) in [6, 6.07) is 9.82. The first-order valence-corrected chi connectivity index (χ1v) is 10.8. The molecule has 1 saturated heterocycles. The molecule has 0 amide bonds. The Hall–Kier alpha value is -3.70. The molecule has 0 spiro atoms. The first-order valence-electron chi connectivity index (χ1n) is 10.8. The first kappa shape index (κ1) is 20.2. The van der Waals surface area contributed by atoms with Gasteiger partial charge in [0, 0.05) is 30.7 Å². The van der Waals surface area contributed by atoms with E-state index in [1.54, 1.807) is 24.0 Å². The highest BCUT2D eigenvalue weighted by atomic mass is 16.1. The summed E-state index contributed by atoms with van der Waals surface area (Å²) in [7, 11) is 0. The summed E-state index contributed by atoms with van der Waals surface area (Å²) in [5, 5.41) is 0.940. The fraction of sp³-hybridized carbons (Fsp3) is 0.333. The van der Waals surface area contributed by atoms with E-state index < -0.39 is 0 Å². The molecule has 3 aromatic heterocycles. The highest BCUT2D eigenvalue weighted by Gasteiger charge is 2.24. The van der Waals surface area contributed by atoms with Crippen molar-refractivity contribution in [1.82, 2.24) is 24.1 Å². The van der Waals surface area contributed by atoms with Crippen LogP contribution in [0.3, 0.4) is 0 Å². The molecular weight excluding hydrogens is 402 g/mol. The predicted molar refractivity (Wildman–Crippen MR) is 126 cm³/mol. The molecule has 0 bridgehead atoms. The van der Waals surface area contributed by atoms with E-state index in [4.69, 9.17) is 10.7 Å². The summed E-state index contributed by atoms with van der Waals surface area (Å²) >= 11 is 0. The van der Waals surface area contributed by atoms with E-state index in [2.05, 4.69) is 26.7 Å². The Kier molecular flexibility index (Phi) is 5.33. The molecule has 0 radical (unpaired) electrons. The fourth-order valence-corrected chi connectivity index (χ4v) is 4.38. The Balaban J connectivity index is 1.62.